The van der Waals surface area contributed by atoms with Crippen LogP contribution in [-0.2, 0) is 55.8 Å². The third kappa shape index (κ3) is 14.6. The molecule has 6 fully saturated rings. The molecule has 9 aliphatic carbocycles. The first-order valence-corrected chi connectivity index (χ1v) is 39.4. The summed E-state index contributed by atoms with van der Waals surface area (Å²) < 4.78 is 84.8. The van der Waals surface area contributed by atoms with Crippen LogP contribution in [0.4, 0.5) is 33.7 Å². The van der Waals surface area contributed by atoms with E-state index in [1.807, 2.05) is 91.0 Å². The van der Waals surface area contributed by atoms with Crippen LogP contribution in [0.25, 0.3) is 11.1 Å². The maximum Gasteiger partial charge on any atom is 0.407 e. The molecule has 0 bridgehead atoms. The summed E-state index contributed by atoms with van der Waals surface area (Å²) in [5, 5.41) is 73.8. The second-order valence-electron chi connectivity index (χ2n) is 33.8. The molecule has 9 aliphatic rings. The zero-order chi connectivity index (χ0) is 82.2. The number of halogens is 4. The quantitative estimate of drug-likeness (QED) is 0.0182. The number of hydrogen-bond acceptors (Lipinski definition) is 17. The van der Waals surface area contributed by atoms with Crippen molar-refractivity contribution in [3.05, 3.63) is 238 Å². The maximum absolute atomic E-state index is 17.7. The molecular weight excluding hydrogens is 1480 g/mol. The van der Waals surface area contributed by atoms with Crippen molar-refractivity contribution in [3.63, 3.8) is 0 Å². The van der Waals surface area contributed by atoms with E-state index in [0.717, 1.165) is 56.7 Å². The number of fused-ring (bicyclic) bond motifs is 13. The predicted octanol–water partition coefficient (Wildman–Crippen LogP) is 11.5. The second kappa shape index (κ2) is 31.8. The van der Waals surface area contributed by atoms with Gasteiger partial charge in [-0.2, -0.15) is 0 Å². The van der Waals surface area contributed by atoms with Gasteiger partial charge in [-0.15, -0.1) is 0 Å². The summed E-state index contributed by atoms with van der Waals surface area (Å²) in [6.07, 6.45) is -4.31. The number of nitrogens with one attached hydrogen (secondary N) is 3. The fraction of sp³-hybridized carbons (Fsp3) is 0.440. The molecule has 6 saturated carbocycles. The van der Waals surface area contributed by atoms with Gasteiger partial charge in [0, 0.05) is 51.1 Å². The Hall–Kier alpha value is -9.63. The van der Waals surface area contributed by atoms with E-state index in [0.29, 0.717) is 35.3 Å². The molecule has 0 heterocycles. The lowest BCUT2D eigenvalue weighted by Gasteiger charge is -2.62. The third-order valence-corrected chi connectivity index (χ3v) is 27.2. The normalized spacial score (nSPS) is 32.9. The van der Waals surface area contributed by atoms with Gasteiger partial charge in [-0.25, -0.2) is 22.4 Å². The Kier molecular flexibility index (Phi) is 22.6. The molecule has 606 valence electrons. The number of aliphatic hydroxyl groups is 6. The number of nitrogen functional groups attached to an aromatic ring is 1. The van der Waals surface area contributed by atoms with Gasteiger partial charge < -0.3 is 66.5 Å². The number of nitrogens with two attached hydrogens (primary N) is 1. The first-order chi connectivity index (χ1) is 54.7. The zero-order valence-corrected chi connectivity index (χ0v) is 64.8. The molecule has 15 rings (SSSR count). The number of rotatable bonds is 21. The molecule has 0 unspecified atom stereocenters. The van der Waals surface area contributed by atoms with Gasteiger partial charge in [0.05, 0.1) is 36.3 Å². The third-order valence-electron chi connectivity index (χ3n) is 27.2. The minimum absolute atomic E-state index is 0.0118. The topological polar surface area (TPSA) is 331 Å². The predicted molar refractivity (Wildman–Crippen MR) is 419 cm³/mol. The van der Waals surface area contributed by atoms with Gasteiger partial charge >= 0.3 is 6.09 Å². The molecular formula is C91H98F4N4O16. The molecule has 0 aliphatic heterocycles. The van der Waals surface area contributed by atoms with Crippen LogP contribution in [0.5, 0.6) is 0 Å². The van der Waals surface area contributed by atoms with Gasteiger partial charge in [-0.05, 0) is 206 Å². The number of hydrogen-bond donors (Lipinski definition) is 10. The Morgan fingerprint density at radius 3 is 1.43 bits per heavy atom. The lowest BCUT2D eigenvalue weighted by molar-refractivity contribution is -0.203. The molecule has 6 aromatic carbocycles. The molecule has 20 nitrogen and oxygen atoms in total. The van der Waals surface area contributed by atoms with Crippen molar-refractivity contribution in [1.29, 1.82) is 0 Å². The molecule has 6 aromatic rings. The number of ketones is 4. The van der Waals surface area contributed by atoms with Crippen LogP contribution in [0.3, 0.4) is 0 Å². The summed E-state index contributed by atoms with van der Waals surface area (Å²) in [5.74, 6) is -8.53. The Bertz CT molecular complexity index is 4880. The highest BCUT2D eigenvalue weighted by atomic mass is 19.2. The highest BCUT2D eigenvalue weighted by molar-refractivity contribution is 6.02. The van der Waals surface area contributed by atoms with Crippen LogP contribution in [0.1, 0.15) is 143 Å². The van der Waals surface area contributed by atoms with E-state index < -0.39 is 184 Å². The van der Waals surface area contributed by atoms with Crippen molar-refractivity contribution in [2.75, 3.05) is 30.9 Å². The fourth-order valence-corrected chi connectivity index (χ4v) is 21.6. The van der Waals surface area contributed by atoms with E-state index in [9.17, 15) is 64.2 Å². The molecule has 0 saturated heterocycles. The Balaban J connectivity index is 0.000000212. The minimum Gasteiger partial charge on any atom is -0.449 e. The number of alkyl halides is 4. The highest BCUT2D eigenvalue weighted by Gasteiger charge is 2.76. The summed E-state index contributed by atoms with van der Waals surface area (Å²) in [4.78, 5) is 90.2. The first kappa shape index (κ1) is 81.9. The summed E-state index contributed by atoms with van der Waals surface area (Å²) in [5.41, 5.74) is 5.95. The van der Waals surface area contributed by atoms with Gasteiger partial charge in [0.2, 0.25) is 11.8 Å². The van der Waals surface area contributed by atoms with E-state index in [-0.39, 0.29) is 62.2 Å². The number of alkyl carbamates (subject to hydrolysis) is 1. The van der Waals surface area contributed by atoms with Crippen molar-refractivity contribution < 1.29 is 96.0 Å². The van der Waals surface area contributed by atoms with Crippen molar-refractivity contribution in [2.24, 2.45) is 57.2 Å². The van der Waals surface area contributed by atoms with Gasteiger partial charge in [0.1, 0.15) is 44.2 Å². The maximum atomic E-state index is 17.7. The van der Waals surface area contributed by atoms with Crippen LogP contribution >= 0.6 is 0 Å². The van der Waals surface area contributed by atoms with Crippen molar-refractivity contribution in [2.45, 2.75) is 172 Å². The molecule has 24 heteroatoms. The smallest absolute Gasteiger partial charge is 0.407 e. The number of ether oxygens (including phenoxy) is 3. The number of carbonyl (C=O) groups excluding carboxylic acids is 7. The van der Waals surface area contributed by atoms with Gasteiger partial charge in [-0.1, -0.05) is 147 Å². The number of allylic oxidation sites excluding steroid dienone is 8. The highest BCUT2D eigenvalue weighted by Crippen LogP contribution is 2.72. The standard InChI is InChI=1S/C56H59F2N3O10.C35H39F2NO6/c1-30(59-50(66)31(2)60-53(69)70-29-41-39-14-7-5-12-37(39)38-13-6-8-15-40(38)41)51(67)61-35-11-9-10-33(23-35)22-32-16-18-34(19-17-32)52(68)71-47-26-42-43-25-45(57)44-24-36(63)20-21-55(44,4)56(43,58)48(65)27-54(42,3)49(47)46(64)28-62;1-33-17-30(42)35(37)25(15-27(36)26-14-23(40)10-11-34(26,35)2)24(33)16-29(31(33)28(41)18-39)44-32(43)21-8-6-19(7-9-21)12-20-4-3-5-22(38)13-20/h5-21,23-24,30-31,41-43,45,47-49,52,62,65,68H,22,25-29H2,1-4H3,(H,59,66)(H,60,69)(H,61,67);3-11,13-14,24-25,27,29-32,39,42-43H,12,15-18,38H2,1-2H3/t30-,31-,42-,43-,45-,47+,48-,49-,52-,54-,55-,56-;24-,25-,27-,29+,30-,31-,32-,33-,34-,35-/m00/s1. The number of anilines is 2. The summed E-state index contributed by atoms with van der Waals surface area (Å²) in [6, 6.07) is 42.8. The molecule has 115 heavy (non-hydrogen) atoms. The molecule has 22 atom stereocenters. The van der Waals surface area contributed by atoms with Crippen molar-refractivity contribution >= 4 is 52.4 Å². The van der Waals surface area contributed by atoms with Crippen LogP contribution in [0, 0.1) is 57.2 Å². The van der Waals surface area contributed by atoms with Crippen LogP contribution in [0.2, 0.25) is 0 Å². The molecule has 0 spiro atoms. The van der Waals surface area contributed by atoms with Gasteiger partial charge in [0.15, 0.2) is 47.1 Å². The summed E-state index contributed by atoms with van der Waals surface area (Å²) in [6.45, 7) is 8.01. The second-order valence-corrected chi connectivity index (χ2v) is 33.8. The number of carbonyl (C=O) groups is 7. The Labute approximate surface area is 664 Å². The molecule has 3 amide bonds. The SMILES string of the molecule is C[C@H](NC(=O)OCC1c2ccccc2-c2ccccc21)C(=O)N[C@@H](C)C(=O)Nc1cccc(Cc2ccc([C@@H](O)O[C@@H]3C[C@H]4[C@@H]5C[C@H](F)C6=CC(=O)C=C[C@]6(C)[C@@]5(F)[C@@H](O)C[C@]4(C)[C@H]3C(=O)CO)cc2)c1.C[C@]12C[C@H](O)[C@@]3(F)[C@@H](C[C@H](F)C4=CC(=O)C=C[C@@]43C)[C@@H]1C[C@@H](O[C@H](O)c1ccc(Cc3cccc(N)c3)cc1)[C@@H]2C(=O)CO. The lowest BCUT2D eigenvalue weighted by Crippen LogP contribution is -2.68. The molecule has 0 radical (unpaired) electrons. The van der Waals surface area contributed by atoms with E-state index in [1.165, 1.54) is 52.0 Å². The van der Waals surface area contributed by atoms with E-state index >= 15 is 17.6 Å². The number of benzene rings is 6. The van der Waals surface area contributed by atoms with Gasteiger partial charge in [-0.3, -0.25) is 28.8 Å². The molecule has 0 aromatic heterocycles. The monoisotopic (exact) mass is 1580 g/mol. The fourth-order valence-electron chi connectivity index (χ4n) is 21.6. The van der Waals surface area contributed by atoms with E-state index in [2.05, 4.69) is 16.0 Å². The van der Waals surface area contributed by atoms with E-state index in [4.69, 9.17) is 19.9 Å². The lowest BCUT2D eigenvalue weighted by atomic mass is 9.45. The average Bonchev–Trinajstić information content (AvgIpc) is 1.64. The Morgan fingerprint density at radius 2 is 0.974 bits per heavy atom. The largest absolute Gasteiger partial charge is 0.449 e. The van der Waals surface area contributed by atoms with Gasteiger partial charge in [0.25, 0.3) is 0 Å². The van der Waals surface area contributed by atoms with E-state index in [1.54, 1.807) is 68.4 Å². The minimum atomic E-state index is -2.37. The van der Waals surface area contributed by atoms with Crippen molar-refractivity contribution in [3.8, 4) is 11.1 Å². The summed E-state index contributed by atoms with van der Waals surface area (Å²) >= 11 is 0. The van der Waals surface area contributed by atoms with Crippen LogP contribution in [-0.4, -0.2) is 152 Å². The molecule has 11 N–H and O–H groups in total. The average molecular weight is 1580 g/mol. The number of Topliss-reactive ketones (excluding diaryl/α,β-unsaturated/α-hetero) is 2. The Morgan fingerprint density at radius 1 is 0.539 bits per heavy atom. The van der Waals surface area contributed by atoms with Crippen LogP contribution < -0.4 is 21.7 Å². The summed E-state index contributed by atoms with van der Waals surface area (Å²) in [7, 11) is 0. The van der Waals surface area contributed by atoms with Crippen LogP contribution in [0.15, 0.2) is 193 Å². The number of aliphatic hydroxyl groups excluding tert-OH is 6. The number of amides is 3. The zero-order valence-electron chi connectivity index (χ0n) is 64.8. The van der Waals surface area contributed by atoms with Crippen molar-refractivity contribution in [1.82, 2.24) is 10.6 Å². The first-order valence-electron chi connectivity index (χ1n) is 39.4.